The van der Waals surface area contributed by atoms with Crippen molar-refractivity contribution in [3.8, 4) is 5.75 Å². The summed E-state index contributed by atoms with van der Waals surface area (Å²) >= 11 is 1.76. The Balaban J connectivity index is 2.11. The van der Waals surface area contributed by atoms with Gasteiger partial charge in [-0.2, -0.15) is 0 Å². The Kier molecular flexibility index (Phi) is 4.34. The maximum Gasteiger partial charge on any atom is 0.119 e. The zero-order valence-corrected chi connectivity index (χ0v) is 11.1. The Bertz CT molecular complexity index is 481. The lowest BCUT2D eigenvalue weighted by Crippen LogP contribution is -2.08. The highest BCUT2D eigenvalue weighted by Gasteiger charge is 2.04. The molecule has 2 N–H and O–H groups in total. The Hall–Kier alpha value is -1.13. The van der Waals surface area contributed by atoms with Crippen LogP contribution in [0, 0.1) is 0 Å². The third kappa shape index (κ3) is 2.96. The fourth-order valence-corrected chi connectivity index (χ4v) is 2.30. The van der Waals surface area contributed by atoms with E-state index in [1.54, 1.807) is 19.1 Å². The highest BCUT2D eigenvalue weighted by Crippen LogP contribution is 2.23. The molecule has 1 aromatic carbocycles. The van der Waals surface area contributed by atoms with Crippen molar-refractivity contribution in [1.82, 2.24) is 9.71 Å². The van der Waals surface area contributed by atoms with Crippen molar-refractivity contribution in [2.75, 3.05) is 19.4 Å². The quantitative estimate of drug-likeness (QED) is 0.611. The van der Waals surface area contributed by atoms with Gasteiger partial charge in [0.2, 0.25) is 0 Å². The first kappa shape index (κ1) is 12.3. The third-order valence-corrected chi connectivity index (χ3v) is 3.41. The van der Waals surface area contributed by atoms with Crippen LogP contribution < -0.4 is 9.46 Å². The minimum absolute atomic E-state index is 0.911. The van der Waals surface area contributed by atoms with Crippen molar-refractivity contribution in [3.05, 3.63) is 30.0 Å². The first-order chi connectivity index (χ1) is 8.35. The summed E-state index contributed by atoms with van der Waals surface area (Å²) in [6.45, 7) is 3.14. The zero-order valence-electron chi connectivity index (χ0n) is 10.2. The molecule has 1 aromatic heterocycles. The highest BCUT2D eigenvalue weighted by molar-refractivity contribution is 7.97. The molecule has 0 amide bonds. The molecule has 4 heteroatoms. The summed E-state index contributed by atoms with van der Waals surface area (Å²) in [6, 6.07) is 6.13. The van der Waals surface area contributed by atoms with Gasteiger partial charge in [-0.15, -0.1) is 0 Å². The fourth-order valence-electron chi connectivity index (χ4n) is 1.85. The van der Waals surface area contributed by atoms with Crippen LogP contribution in [0.3, 0.4) is 0 Å². The van der Waals surface area contributed by atoms with Crippen molar-refractivity contribution in [2.24, 2.45) is 0 Å². The molecule has 1 heterocycles. The van der Waals surface area contributed by atoms with Gasteiger partial charge in [0.25, 0.3) is 0 Å². The Morgan fingerprint density at radius 1 is 1.41 bits per heavy atom. The summed E-state index contributed by atoms with van der Waals surface area (Å²) in [4.78, 5) is 3.29. The van der Waals surface area contributed by atoms with Crippen LogP contribution in [0.1, 0.15) is 12.5 Å². The molecule has 0 saturated carbocycles. The van der Waals surface area contributed by atoms with E-state index in [-0.39, 0.29) is 0 Å². The second kappa shape index (κ2) is 5.98. The van der Waals surface area contributed by atoms with Gasteiger partial charge in [0.15, 0.2) is 0 Å². The lowest BCUT2D eigenvalue weighted by molar-refractivity contribution is 0.415. The maximum atomic E-state index is 5.26. The van der Waals surface area contributed by atoms with E-state index < -0.39 is 0 Å². The van der Waals surface area contributed by atoms with Crippen LogP contribution in [-0.4, -0.2) is 24.4 Å². The molecule has 92 valence electrons. The topological polar surface area (TPSA) is 37.0 Å². The van der Waals surface area contributed by atoms with E-state index in [1.807, 2.05) is 6.07 Å². The molecule has 0 spiro atoms. The number of aromatic amines is 1. The van der Waals surface area contributed by atoms with Crippen molar-refractivity contribution < 1.29 is 4.74 Å². The van der Waals surface area contributed by atoms with E-state index in [9.17, 15) is 0 Å². The number of fused-ring (bicyclic) bond motifs is 1. The van der Waals surface area contributed by atoms with Crippen LogP contribution in [0.4, 0.5) is 0 Å². The maximum absolute atomic E-state index is 5.26. The minimum Gasteiger partial charge on any atom is -0.497 e. The van der Waals surface area contributed by atoms with Crippen molar-refractivity contribution in [3.63, 3.8) is 0 Å². The van der Waals surface area contributed by atoms with Crippen LogP contribution in [0.15, 0.2) is 24.4 Å². The highest BCUT2D eigenvalue weighted by atomic mass is 32.2. The second-order valence-electron chi connectivity index (χ2n) is 3.80. The normalized spacial score (nSPS) is 10.9. The van der Waals surface area contributed by atoms with Gasteiger partial charge in [0.05, 0.1) is 7.11 Å². The summed E-state index contributed by atoms with van der Waals surface area (Å²) in [6.07, 6.45) is 3.11. The van der Waals surface area contributed by atoms with Crippen molar-refractivity contribution in [1.29, 1.82) is 0 Å². The molecule has 0 aliphatic carbocycles. The number of H-pyrrole nitrogens is 1. The van der Waals surface area contributed by atoms with Gasteiger partial charge in [-0.3, -0.25) is 4.72 Å². The van der Waals surface area contributed by atoms with Crippen LogP contribution >= 0.6 is 11.9 Å². The molecular weight excluding hydrogens is 232 g/mol. The van der Waals surface area contributed by atoms with Gasteiger partial charge < -0.3 is 9.72 Å². The van der Waals surface area contributed by atoms with Gasteiger partial charge >= 0.3 is 0 Å². The fraction of sp³-hybridized carbons (Fsp3) is 0.385. The smallest absolute Gasteiger partial charge is 0.119 e. The molecule has 0 radical (unpaired) electrons. The van der Waals surface area contributed by atoms with Crippen LogP contribution in [0.5, 0.6) is 5.75 Å². The largest absolute Gasteiger partial charge is 0.497 e. The summed E-state index contributed by atoms with van der Waals surface area (Å²) in [5, 5.41) is 1.26. The third-order valence-electron chi connectivity index (χ3n) is 2.72. The standard InChI is InChI=1S/C13H18N2OS/c1-3-17-15-7-6-10-9-14-13-5-4-11(16-2)8-12(10)13/h4-5,8-9,14-15H,3,6-7H2,1-2H3. The van der Waals surface area contributed by atoms with E-state index in [4.69, 9.17) is 4.74 Å². The van der Waals surface area contributed by atoms with E-state index in [0.717, 1.165) is 24.5 Å². The van der Waals surface area contributed by atoms with Gasteiger partial charge in [0, 0.05) is 29.4 Å². The van der Waals surface area contributed by atoms with E-state index in [2.05, 4.69) is 35.0 Å². The van der Waals surface area contributed by atoms with Gasteiger partial charge in [-0.05, 0) is 30.2 Å². The van der Waals surface area contributed by atoms with Gasteiger partial charge in [-0.25, -0.2) is 0 Å². The number of methoxy groups -OCH3 is 1. The number of rotatable bonds is 6. The summed E-state index contributed by atoms with van der Waals surface area (Å²) in [7, 11) is 1.70. The summed E-state index contributed by atoms with van der Waals surface area (Å²) < 4.78 is 8.59. The van der Waals surface area contributed by atoms with Crippen LogP contribution in [0.2, 0.25) is 0 Å². The number of benzene rings is 1. The van der Waals surface area contributed by atoms with E-state index >= 15 is 0 Å². The minimum atomic E-state index is 0.911. The molecule has 0 atom stereocenters. The first-order valence-electron chi connectivity index (χ1n) is 5.83. The molecule has 0 saturated heterocycles. The van der Waals surface area contributed by atoms with Crippen LogP contribution in [0.25, 0.3) is 10.9 Å². The molecule has 2 aromatic rings. The van der Waals surface area contributed by atoms with E-state index in [0.29, 0.717) is 0 Å². The monoisotopic (exact) mass is 250 g/mol. The van der Waals surface area contributed by atoms with E-state index in [1.165, 1.54) is 16.5 Å². The molecular formula is C13H18N2OS. The van der Waals surface area contributed by atoms with Gasteiger partial charge in [0.1, 0.15) is 5.75 Å². The average molecular weight is 250 g/mol. The molecule has 0 fully saturated rings. The molecule has 0 unspecified atom stereocenters. The second-order valence-corrected chi connectivity index (χ2v) is 4.96. The summed E-state index contributed by atoms with van der Waals surface area (Å²) in [5.41, 5.74) is 2.51. The van der Waals surface area contributed by atoms with Crippen molar-refractivity contribution in [2.45, 2.75) is 13.3 Å². The number of hydrogen-bond acceptors (Lipinski definition) is 3. The number of ether oxygens (including phenoxy) is 1. The Morgan fingerprint density at radius 2 is 2.29 bits per heavy atom. The zero-order chi connectivity index (χ0) is 12.1. The molecule has 0 aliphatic heterocycles. The average Bonchev–Trinajstić information content (AvgIpc) is 2.77. The SMILES string of the molecule is CCSNCCc1c[nH]c2ccc(OC)cc12. The predicted octanol–water partition coefficient (Wildman–Crippen LogP) is 2.98. The number of aromatic nitrogens is 1. The molecule has 3 nitrogen and oxygen atoms in total. The Labute approximate surface area is 106 Å². The first-order valence-corrected chi connectivity index (χ1v) is 6.82. The predicted molar refractivity (Wildman–Crippen MR) is 74.7 cm³/mol. The number of hydrogen-bond donors (Lipinski definition) is 2. The molecule has 0 bridgehead atoms. The lowest BCUT2D eigenvalue weighted by Gasteiger charge is -2.03. The van der Waals surface area contributed by atoms with Gasteiger partial charge in [-0.1, -0.05) is 18.9 Å². The lowest BCUT2D eigenvalue weighted by atomic mass is 10.1. The molecule has 17 heavy (non-hydrogen) atoms. The Morgan fingerprint density at radius 3 is 3.06 bits per heavy atom. The van der Waals surface area contributed by atoms with Crippen LogP contribution in [-0.2, 0) is 6.42 Å². The van der Waals surface area contributed by atoms with Crippen molar-refractivity contribution >= 4 is 22.9 Å². The summed E-state index contributed by atoms with van der Waals surface area (Å²) in [5.74, 6) is 2.01. The number of nitrogens with one attached hydrogen (secondary N) is 2. The molecule has 2 rings (SSSR count). The molecule has 0 aliphatic rings.